The third-order valence-electron chi connectivity index (χ3n) is 6.02. The van der Waals surface area contributed by atoms with Crippen LogP contribution in [-0.2, 0) is 16.6 Å². The Balaban J connectivity index is 0.00000392. The van der Waals surface area contributed by atoms with Crippen LogP contribution in [0.1, 0.15) is 44.7 Å². The highest BCUT2D eigenvalue weighted by Crippen LogP contribution is 2.25. The molecule has 0 unspecified atom stereocenters. The highest BCUT2D eigenvalue weighted by Gasteiger charge is 2.35. The Morgan fingerprint density at radius 2 is 1.75 bits per heavy atom. The number of ether oxygens (including phenoxy) is 1. The number of hydrogen-bond donors (Lipinski definition) is 2. The second kappa shape index (κ2) is 11.4. The lowest BCUT2D eigenvalue weighted by Crippen LogP contribution is -2.57. The number of rotatable bonds is 7. The molecule has 2 N–H and O–H groups in total. The number of nitrogens with zero attached hydrogens (tertiary/aromatic N) is 2. The van der Waals surface area contributed by atoms with Gasteiger partial charge >= 0.3 is 0 Å². The SMILES string of the molecule is CCc1ccc(C(C)(C)CNC(=NC)NCC2(N(C)C)CCOCC2)cc1.I. The largest absolute Gasteiger partial charge is 0.381 e. The highest BCUT2D eigenvalue weighted by atomic mass is 127. The molecule has 1 aliphatic rings. The number of aryl methyl sites for hydroxylation is 1. The average molecular weight is 502 g/mol. The molecule has 160 valence electrons. The van der Waals surface area contributed by atoms with Gasteiger partial charge in [0.1, 0.15) is 0 Å². The van der Waals surface area contributed by atoms with Crippen LogP contribution in [0.15, 0.2) is 29.3 Å². The summed E-state index contributed by atoms with van der Waals surface area (Å²) in [6.45, 7) is 10.1. The van der Waals surface area contributed by atoms with Crippen molar-refractivity contribution in [3.05, 3.63) is 35.4 Å². The van der Waals surface area contributed by atoms with Crippen molar-refractivity contribution in [2.75, 3.05) is 47.4 Å². The molecule has 0 aromatic heterocycles. The molecule has 0 atom stereocenters. The maximum absolute atomic E-state index is 5.57. The smallest absolute Gasteiger partial charge is 0.191 e. The predicted molar refractivity (Wildman–Crippen MR) is 130 cm³/mol. The number of benzene rings is 1. The normalized spacial score (nSPS) is 17.2. The van der Waals surface area contributed by atoms with Crippen LogP contribution in [0.2, 0.25) is 0 Å². The topological polar surface area (TPSA) is 48.9 Å². The Morgan fingerprint density at radius 3 is 2.25 bits per heavy atom. The monoisotopic (exact) mass is 502 g/mol. The van der Waals surface area contributed by atoms with Crippen molar-refractivity contribution in [2.24, 2.45) is 4.99 Å². The van der Waals surface area contributed by atoms with Crippen molar-refractivity contribution in [1.82, 2.24) is 15.5 Å². The van der Waals surface area contributed by atoms with Gasteiger partial charge in [-0.1, -0.05) is 45.0 Å². The van der Waals surface area contributed by atoms with E-state index in [1.54, 1.807) is 0 Å². The van der Waals surface area contributed by atoms with Crippen LogP contribution >= 0.6 is 24.0 Å². The van der Waals surface area contributed by atoms with Crippen molar-refractivity contribution < 1.29 is 4.74 Å². The Morgan fingerprint density at radius 1 is 1.14 bits per heavy atom. The van der Waals surface area contributed by atoms with Gasteiger partial charge in [-0.15, -0.1) is 24.0 Å². The zero-order chi connectivity index (χ0) is 19.9. The summed E-state index contributed by atoms with van der Waals surface area (Å²) in [5.74, 6) is 0.862. The Bertz CT molecular complexity index is 607. The summed E-state index contributed by atoms with van der Waals surface area (Å²) in [6.07, 6.45) is 3.16. The molecule has 2 rings (SSSR count). The molecule has 0 aliphatic carbocycles. The first kappa shape index (κ1) is 25.2. The minimum atomic E-state index is 0. The number of nitrogens with one attached hydrogen (secondary N) is 2. The summed E-state index contributed by atoms with van der Waals surface area (Å²) in [6, 6.07) is 8.96. The molecule has 1 aromatic rings. The molecule has 0 saturated carbocycles. The van der Waals surface area contributed by atoms with Gasteiger partial charge in [0.25, 0.3) is 0 Å². The Labute approximate surface area is 188 Å². The molecule has 1 heterocycles. The Hall–Kier alpha value is -0.860. The van der Waals surface area contributed by atoms with E-state index in [2.05, 4.69) is 79.7 Å². The van der Waals surface area contributed by atoms with Crippen LogP contribution in [0.5, 0.6) is 0 Å². The summed E-state index contributed by atoms with van der Waals surface area (Å²) in [7, 11) is 6.16. The van der Waals surface area contributed by atoms with Gasteiger partial charge in [0.05, 0.1) is 0 Å². The second-order valence-corrected chi connectivity index (χ2v) is 8.44. The first-order chi connectivity index (χ1) is 12.8. The minimum absolute atomic E-state index is 0. The van der Waals surface area contributed by atoms with Gasteiger partial charge < -0.3 is 20.3 Å². The minimum Gasteiger partial charge on any atom is -0.381 e. The number of aliphatic imine (C=N–C) groups is 1. The van der Waals surface area contributed by atoms with E-state index in [4.69, 9.17) is 4.74 Å². The number of guanidine groups is 1. The fourth-order valence-corrected chi connectivity index (χ4v) is 3.60. The van der Waals surface area contributed by atoms with Crippen LogP contribution < -0.4 is 10.6 Å². The Kier molecular flexibility index (Phi) is 10.2. The summed E-state index contributed by atoms with van der Waals surface area (Å²) < 4.78 is 5.57. The van der Waals surface area contributed by atoms with E-state index in [1.807, 2.05) is 7.05 Å². The lowest BCUT2D eigenvalue weighted by molar-refractivity contribution is -0.00501. The van der Waals surface area contributed by atoms with Gasteiger partial charge in [0, 0.05) is 44.3 Å². The van der Waals surface area contributed by atoms with E-state index in [9.17, 15) is 0 Å². The van der Waals surface area contributed by atoms with Crippen LogP contribution in [0.3, 0.4) is 0 Å². The lowest BCUT2D eigenvalue weighted by atomic mass is 9.84. The highest BCUT2D eigenvalue weighted by molar-refractivity contribution is 14.0. The van der Waals surface area contributed by atoms with E-state index in [0.717, 1.165) is 51.5 Å². The zero-order valence-corrected chi connectivity index (χ0v) is 20.8. The van der Waals surface area contributed by atoms with Gasteiger partial charge in [0.2, 0.25) is 0 Å². The summed E-state index contributed by atoms with van der Waals surface area (Å²) in [4.78, 5) is 6.76. The molecule has 1 aliphatic heterocycles. The fourth-order valence-electron chi connectivity index (χ4n) is 3.60. The summed E-state index contributed by atoms with van der Waals surface area (Å²) in [5.41, 5.74) is 2.88. The van der Waals surface area contributed by atoms with E-state index >= 15 is 0 Å². The molecule has 1 aromatic carbocycles. The van der Waals surface area contributed by atoms with Crippen molar-refractivity contribution in [3.8, 4) is 0 Å². The first-order valence-corrected chi connectivity index (χ1v) is 10.1. The molecule has 1 saturated heterocycles. The molecule has 6 heteroatoms. The van der Waals surface area contributed by atoms with Gasteiger partial charge in [-0.3, -0.25) is 4.99 Å². The molecular formula is C22H39IN4O. The van der Waals surface area contributed by atoms with Crippen LogP contribution in [0.25, 0.3) is 0 Å². The first-order valence-electron chi connectivity index (χ1n) is 10.1. The van der Waals surface area contributed by atoms with E-state index in [0.29, 0.717) is 0 Å². The molecule has 0 amide bonds. The van der Waals surface area contributed by atoms with Crippen LogP contribution in [-0.4, -0.2) is 63.8 Å². The molecule has 0 bridgehead atoms. The average Bonchev–Trinajstić information content (AvgIpc) is 2.68. The van der Waals surface area contributed by atoms with E-state index in [-0.39, 0.29) is 34.9 Å². The number of halogens is 1. The third-order valence-corrected chi connectivity index (χ3v) is 6.02. The molecule has 0 radical (unpaired) electrons. The van der Waals surface area contributed by atoms with Gasteiger partial charge in [-0.05, 0) is 44.5 Å². The van der Waals surface area contributed by atoms with E-state index < -0.39 is 0 Å². The zero-order valence-electron chi connectivity index (χ0n) is 18.5. The maximum Gasteiger partial charge on any atom is 0.191 e. The van der Waals surface area contributed by atoms with Crippen molar-refractivity contribution >= 4 is 29.9 Å². The molecular weight excluding hydrogens is 463 g/mol. The second-order valence-electron chi connectivity index (χ2n) is 8.44. The quantitative estimate of drug-likeness (QED) is 0.341. The number of hydrogen-bond acceptors (Lipinski definition) is 3. The van der Waals surface area contributed by atoms with Gasteiger partial charge in [-0.25, -0.2) is 0 Å². The van der Waals surface area contributed by atoms with Crippen LogP contribution in [0.4, 0.5) is 0 Å². The van der Waals surface area contributed by atoms with Crippen molar-refractivity contribution in [1.29, 1.82) is 0 Å². The third kappa shape index (κ3) is 6.59. The van der Waals surface area contributed by atoms with Crippen molar-refractivity contribution in [3.63, 3.8) is 0 Å². The van der Waals surface area contributed by atoms with Crippen LogP contribution in [0, 0.1) is 0 Å². The van der Waals surface area contributed by atoms with E-state index in [1.165, 1.54) is 11.1 Å². The maximum atomic E-state index is 5.57. The summed E-state index contributed by atoms with van der Waals surface area (Å²) >= 11 is 0. The molecule has 28 heavy (non-hydrogen) atoms. The summed E-state index contributed by atoms with van der Waals surface area (Å²) in [5, 5.41) is 7.07. The lowest BCUT2D eigenvalue weighted by Gasteiger charge is -2.43. The molecule has 5 nitrogen and oxygen atoms in total. The fraction of sp³-hybridized carbons (Fsp3) is 0.682. The number of likely N-dealkylation sites (N-methyl/N-ethyl adjacent to an activating group) is 1. The van der Waals surface area contributed by atoms with Gasteiger partial charge in [-0.2, -0.15) is 0 Å². The van der Waals surface area contributed by atoms with Crippen molar-refractivity contribution in [2.45, 2.75) is 51.0 Å². The van der Waals surface area contributed by atoms with Gasteiger partial charge in [0.15, 0.2) is 5.96 Å². The predicted octanol–water partition coefficient (Wildman–Crippen LogP) is 3.42. The standard InChI is InChI=1S/C22H38N4O.HI/c1-7-18-8-10-19(11-9-18)21(2,3)16-24-20(23-4)25-17-22(26(5)6)12-14-27-15-13-22;/h8-11H,7,12-17H2,1-6H3,(H2,23,24,25);1H. The molecule has 0 spiro atoms. The molecule has 1 fully saturated rings.